The highest BCUT2D eigenvalue weighted by Crippen LogP contribution is 2.41. The Morgan fingerprint density at radius 1 is 1.54 bits per heavy atom. The molecule has 7 nitrogen and oxygen atoms in total. The monoisotopic (exact) mass is 330 g/mol. The summed E-state index contributed by atoms with van der Waals surface area (Å²) in [5, 5.41) is 7.26. The van der Waals surface area contributed by atoms with Crippen LogP contribution in [-0.4, -0.2) is 53.4 Å². The van der Waals surface area contributed by atoms with Gasteiger partial charge in [0, 0.05) is 56.3 Å². The van der Waals surface area contributed by atoms with Crippen molar-refractivity contribution in [1.82, 2.24) is 20.0 Å². The van der Waals surface area contributed by atoms with Crippen LogP contribution in [0.1, 0.15) is 16.1 Å². The predicted molar refractivity (Wildman–Crippen MR) is 86.3 cm³/mol. The van der Waals surface area contributed by atoms with Crippen LogP contribution in [0.2, 0.25) is 0 Å². The fraction of sp³-hybridized carbons (Fsp3) is 0.529. The van der Waals surface area contributed by atoms with Crippen molar-refractivity contribution in [3.63, 3.8) is 0 Å². The van der Waals surface area contributed by atoms with Gasteiger partial charge in [-0.1, -0.05) is 0 Å². The van der Waals surface area contributed by atoms with E-state index in [2.05, 4.69) is 21.5 Å². The Kier molecular flexibility index (Phi) is 3.90. The Morgan fingerprint density at radius 3 is 3.21 bits per heavy atom. The predicted octanol–water partition coefficient (Wildman–Crippen LogP) is 0.891. The number of furan rings is 1. The van der Waals surface area contributed by atoms with Crippen LogP contribution in [0.3, 0.4) is 0 Å². The number of aryl methyl sites for hydroxylation is 1. The van der Waals surface area contributed by atoms with Gasteiger partial charge in [0.25, 0.3) is 5.91 Å². The van der Waals surface area contributed by atoms with Gasteiger partial charge in [0.1, 0.15) is 0 Å². The van der Waals surface area contributed by atoms with E-state index < -0.39 is 0 Å². The lowest BCUT2D eigenvalue weighted by molar-refractivity contribution is 0.0878. The molecule has 0 spiro atoms. The van der Waals surface area contributed by atoms with Crippen LogP contribution in [0.15, 0.2) is 35.2 Å². The number of carbonyl (C=O) groups is 1. The molecule has 1 amide bonds. The fourth-order valence-electron chi connectivity index (χ4n) is 3.88. The van der Waals surface area contributed by atoms with Gasteiger partial charge in [-0.05, 0) is 12.1 Å². The number of rotatable bonds is 5. The minimum atomic E-state index is -0.161. The lowest BCUT2D eigenvalue weighted by atomic mass is 9.81. The molecule has 4 heterocycles. The molecule has 0 aromatic carbocycles. The highest BCUT2D eigenvalue weighted by Gasteiger charge is 2.50. The quantitative estimate of drug-likeness (QED) is 0.881. The number of carbonyl (C=O) groups excluding carboxylic acids is 1. The molecule has 2 aliphatic heterocycles. The first kappa shape index (κ1) is 15.4. The summed E-state index contributed by atoms with van der Waals surface area (Å²) in [7, 11) is 1.93. The molecule has 24 heavy (non-hydrogen) atoms. The van der Waals surface area contributed by atoms with Gasteiger partial charge in [0.15, 0.2) is 5.76 Å². The van der Waals surface area contributed by atoms with Crippen molar-refractivity contribution >= 4 is 5.91 Å². The van der Waals surface area contributed by atoms with E-state index in [0.29, 0.717) is 24.8 Å². The molecule has 0 aliphatic carbocycles. The average Bonchev–Trinajstić information content (AvgIpc) is 3.29. The maximum Gasteiger partial charge on any atom is 0.286 e. The topological polar surface area (TPSA) is 72.5 Å². The molecule has 0 saturated carbocycles. The van der Waals surface area contributed by atoms with Crippen LogP contribution in [0.4, 0.5) is 0 Å². The van der Waals surface area contributed by atoms with Crippen molar-refractivity contribution in [3.05, 3.63) is 42.1 Å². The first-order valence-corrected chi connectivity index (χ1v) is 8.24. The molecule has 7 heteroatoms. The van der Waals surface area contributed by atoms with E-state index in [0.717, 1.165) is 26.2 Å². The first-order chi connectivity index (χ1) is 11.6. The van der Waals surface area contributed by atoms with Crippen LogP contribution in [-0.2, 0) is 18.3 Å². The normalized spacial score (nSPS) is 26.6. The highest BCUT2D eigenvalue weighted by atomic mass is 16.5. The maximum absolute atomic E-state index is 12.2. The molecule has 2 aromatic rings. The van der Waals surface area contributed by atoms with Crippen molar-refractivity contribution in [2.75, 3.05) is 32.8 Å². The van der Waals surface area contributed by atoms with Gasteiger partial charge in [0.2, 0.25) is 0 Å². The van der Waals surface area contributed by atoms with Crippen molar-refractivity contribution in [1.29, 1.82) is 0 Å². The number of likely N-dealkylation sites (tertiary alicyclic amines) is 1. The summed E-state index contributed by atoms with van der Waals surface area (Å²) in [4.78, 5) is 14.6. The Morgan fingerprint density at radius 2 is 2.46 bits per heavy atom. The summed E-state index contributed by atoms with van der Waals surface area (Å²) in [5.41, 5.74) is 1.21. The van der Waals surface area contributed by atoms with E-state index in [1.165, 1.54) is 11.8 Å². The Balaban J connectivity index is 1.40. The number of fused-ring (bicyclic) bond motifs is 1. The summed E-state index contributed by atoms with van der Waals surface area (Å²) in [6.07, 6.45) is 5.48. The van der Waals surface area contributed by atoms with Crippen LogP contribution in [0.25, 0.3) is 0 Å². The van der Waals surface area contributed by atoms with Crippen molar-refractivity contribution in [2.24, 2.45) is 18.4 Å². The third kappa shape index (κ3) is 2.85. The molecule has 2 atom stereocenters. The van der Waals surface area contributed by atoms with E-state index in [-0.39, 0.29) is 11.3 Å². The molecule has 0 unspecified atom stereocenters. The number of nitrogens with zero attached hydrogens (tertiary/aromatic N) is 3. The van der Waals surface area contributed by atoms with Gasteiger partial charge in [-0.3, -0.25) is 14.4 Å². The first-order valence-electron chi connectivity index (χ1n) is 8.24. The average molecular weight is 330 g/mol. The second-order valence-corrected chi connectivity index (χ2v) is 6.93. The van der Waals surface area contributed by atoms with E-state index in [9.17, 15) is 4.79 Å². The summed E-state index contributed by atoms with van der Waals surface area (Å²) in [5.74, 6) is 0.642. The number of amides is 1. The van der Waals surface area contributed by atoms with E-state index in [1.807, 2.05) is 17.9 Å². The fourth-order valence-corrected chi connectivity index (χ4v) is 3.88. The third-order valence-electron chi connectivity index (χ3n) is 5.10. The number of ether oxygens (including phenoxy) is 1. The summed E-state index contributed by atoms with van der Waals surface area (Å²) in [6.45, 7) is 4.87. The molecule has 1 N–H and O–H groups in total. The second-order valence-electron chi connectivity index (χ2n) is 6.93. The Labute approximate surface area is 140 Å². The largest absolute Gasteiger partial charge is 0.459 e. The van der Waals surface area contributed by atoms with Crippen molar-refractivity contribution in [3.8, 4) is 0 Å². The van der Waals surface area contributed by atoms with Gasteiger partial charge < -0.3 is 14.5 Å². The number of nitrogens with one attached hydrogen (secondary N) is 1. The minimum absolute atomic E-state index is 0.00946. The van der Waals surface area contributed by atoms with E-state index in [4.69, 9.17) is 9.15 Å². The van der Waals surface area contributed by atoms with E-state index >= 15 is 0 Å². The summed E-state index contributed by atoms with van der Waals surface area (Å²) >= 11 is 0. The Bertz CT molecular complexity index is 711. The molecule has 4 rings (SSSR count). The minimum Gasteiger partial charge on any atom is -0.459 e. The maximum atomic E-state index is 12.2. The lowest BCUT2D eigenvalue weighted by Gasteiger charge is -2.27. The SMILES string of the molecule is Cn1cc(CN2C[C@@H]3COC[C@]3(CNC(=O)c3ccco3)C2)cn1. The zero-order chi connectivity index (χ0) is 16.6. The number of hydrogen-bond donors (Lipinski definition) is 1. The smallest absolute Gasteiger partial charge is 0.286 e. The van der Waals surface area contributed by atoms with Gasteiger partial charge in [-0.2, -0.15) is 5.10 Å². The molecule has 2 aromatic heterocycles. The molecular weight excluding hydrogens is 308 g/mol. The number of hydrogen-bond acceptors (Lipinski definition) is 5. The molecule has 0 radical (unpaired) electrons. The summed E-state index contributed by atoms with van der Waals surface area (Å²) in [6, 6.07) is 3.40. The molecular formula is C17H22N4O3. The molecule has 128 valence electrons. The van der Waals surface area contributed by atoms with Gasteiger partial charge in [0.05, 0.1) is 25.7 Å². The zero-order valence-corrected chi connectivity index (χ0v) is 13.8. The lowest BCUT2D eigenvalue weighted by Crippen LogP contribution is -2.43. The number of aromatic nitrogens is 2. The molecule has 2 fully saturated rings. The third-order valence-corrected chi connectivity index (χ3v) is 5.10. The van der Waals surface area contributed by atoms with Gasteiger partial charge in [-0.25, -0.2) is 0 Å². The highest BCUT2D eigenvalue weighted by molar-refractivity contribution is 5.91. The zero-order valence-electron chi connectivity index (χ0n) is 13.8. The van der Waals surface area contributed by atoms with E-state index in [1.54, 1.807) is 12.1 Å². The van der Waals surface area contributed by atoms with Crippen molar-refractivity contribution in [2.45, 2.75) is 6.54 Å². The standard InChI is InChI=1S/C17H22N4O3/c1-20-6-13(5-19-20)7-21-8-14-9-23-12-17(14,11-21)10-18-16(22)15-3-2-4-24-15/h2-6,14H,7-12H2,1H3,(H,18,22)/t14-,17+/m1/s1. The van der Waals surface area contributed by atoms with Crippen LogP contribution in [0.5, 0.6) is 0 Å². The van der Waals surface area contributed by atoms with Crippen LogP contribution in [0, 0.1) is 11.3 Å². The van der Waals surface area contributed by atoms with Crippen LogP contribution >= 0.6 is 0 Å². The van der Waals surface area contributed by atoms with Gasteiger partial charge >= 0.3 is 0 Å². The molecule has 2 saturated heterocycles. The van der Waals surface area contributed by atoms with Gasteiger partial charge in [-0.15, -0.1) is 0 Å². The second kappa shape index (κ2) is 6.07. The molecule has 0 bridgehead atoms. The van der Waals surface area contributed by atoms with Crippen LogP contribution < -0.4 is 5.32 Å². The summed E-state index contributed by atoms with van der Waals surface area (Å²) < 4.78 is 12.7. The van der Waals surface area contributed by atoms with Crippen molar-refractivity contribution < 1.29 is 13.9 Å². The Hall–Kier alpha value is -2.12. The molecule has 2 aliphatic rings.